The molecule has 0 radical (unpaired) electrons. The lowest BCUT2D eigenvalue weighted by atomic mass is 10.1. The molecule has 0 saturated heterocycles. The fraction of sp³-hybridized carbons (Fsp3) is 0.375. The van der Waals surface area contributed by atoms with E-state index in [0.29, 0.717) is 17.2 Å². The third kappa shape index (κ3) is 5.06. The van der Waals surface area contributed by atoms with Crippen LogP contribution in [0.4, 0.5) is 11.4 Å². The Kier molecular flexibility index (Phi) is 6.25. The first-order chi connectivity index (χ1) is 14.2. The Bertz CT molecular complexity index is 976. The highest BCUT2D eigenvalue weighted by atomic mass is 16.2. The van der Waals surface area contributed by atoms with E-state index in [2.05, 4.69) is 10.6 Å². The molecule has 6 nitrogen and oxygen atoms in total. The van der Waals surface area contributed by atoms with Gasteiger partial charge in [-0.05, 0) is 62.4 Å². The van der Waals surface area contributed by atoms with Crippen molar-refractivity contribution < 1.29 is 14.4 Å². The van der Waals surface area contributed by atoms with E-state index in [1.165, 1.54) is 4.90 Å². The van der Waals surface area contributed by atoms with Gasteiger partial charge in [-0.1, -0.05) is 30.7 Å². The van der Waals surface area contributed by atoms with Crippen molar-refractivity contribution in [2.75, 3.05) is 24.2 Å². The number of hydrogen-bond acceptors (Lipinski definition) is 3. The minimum absolute atomic E-state index is 0.0105. The molecule has 1 saturated carbocycles. The number of nitrogens with one attached hydrogen (secondary N) is 2. The van der Waals surface area contributed by atoms with Gasteiger partial charge < -0.3 is 15.5 Å². The van der Waals surface area contributed by atoms with Crippen LogP contribution in [0.1, 0.15) is 40.4 Å². The number of anilines is 2. The second kappa shape index (κ2) is 8.69. The molecule has 2 aromatic rings. The van der Waals surface area contributed by atoms with Gasteiger partial charge in [0.1, 0.15) is 0 Å². The number of rotatable bonds is 6. The summed E-state index contributed by atoms with van der Waals surface area (Å²) in [6.45, 7) is 7.89. The lowest BCUT2D eigenvalue weighted by Crippen LogP contribution is -2.35. The van der Waals surface area contributed by atoms with Crippen LogP contribution in [0.5, 0.6) is 0 Å². The minimum Gasteiger partial charge on any atom is -0.332 e. The number of likely N-dealkylation sites (N-methyl/N-ethyl adjacent to an activating group) is 1. The molecule has 158 valence electrons. The van der Waals surface area contributed by atoms with E-state index in [1.54, 1.807) is 31.3 Å². The van der Waals surface area contributed by atoms with Crippen LogP contribution in [0.2, 0.25) is 0 Å². The molecule has 1 aliphatic rings. The molecule has 0 aliphatic heterocycles. The van der Waals surface area contributed by atoms with Gasteiger partial charge in [0.25, 0.3) is 5.91 Å². The van der Waals surface area contributed by atoms with Crippen LogP contribution in [-0.4, -0.2) is 36.2 Å². The molecule has 6 heteroatoms. The monoisotopic (exact) mass is 407 g/mol. The molecule has 2 N–H and O–H groups in total. The molecule has 0 bridgehead atoms. The van der Waals surface area contributed by atoms with E-state index in [9.17, 15) is 14.4 Å². The van der Waals surface area contributed by atoms with Gasteiger partial charge >= 0.3 is 0 Å². The van der Waals surface area contributed by atoms with E-state index in [4.69, 9.17) is 0 Å². The van der Waals surface area contributed by atoms with Crippen LogP contribution in [-0.2, 0) is 9.59 Å². The largest absolute Gasteiger partial charge is 0.332 e. The highest BCUT2D eigenvalue weighted by Gasteiger charge is 2.39. The SMILES string of the molecule is Cc1cc(C)c(NC(=O)CN(C)C(=O)c2cccc(NC(=O)C3CC3C)c2)c(C)c1. The fourth-order valence-corrected chi connectivity index (χ4v) is 3.72. The van der Waals surface area contributed by atoms with E-state index in [0.717, 1.165) is 28.8 Å². The highest BCUT2D eigenvalue weighted by molar-refractivity contribution is 6.01. The van der Waals surface area contributed by atoms with Crippen molar-refractivity contribution in [2.24, 2.45) is 11.8 Å². The molecule has 0 spiro atoms. The standard InChI is InChI=1S/C24H29N3O3/c1-14-9-16(3)22(17(4)10-14)26-21(28)13-27(5)24(30)18-7-6-8-19(12-18)25-23(29)20-11-15(20)2/h6-10,12,15,20H,11,13H2,1-5H3,(H,25,29)(H,26,28). The number of benzene rings is 2. The Morgan fingerprint density at radius 3 is 2.27 bits per heavy atom. The minimum atomic E-state index is -0.279. The van der Waals surface area contributed by atoms with Crippen LogP contribution in [0.3, 0.4) is 0 Å². The van der Waals surface area contributed by atoms with Crippen LogP contribution < -0.4 is 10.6 Å². The molecule has 0 aromatic heterocycles. The number of carbonyl (C=O) groups is 3. The lowest BCUT2D eigenvalue weighted by molar-refractivity contribution is -0.118. The van der Waals surface area contributed by atoms with Gasteiger partial charge in [0.2, 0.25) is 11.8 Å². The smallest absolute Gasteiger partial charge is 0.254 e. The van der Waals surface area contributed by atoms with Gasteiger partial charge in [-0.2, -0.15) is 0 Å². The summed E-state index contributed by atoms with van der Waals surface area (Å²) in [5.41, 5.74) is 4.92. The Morgan fingerprint density at radius 1 is 1.03 bits per heavy atom. The summed E-state index contributed by atoms with van der Waals surface area (Å²) in [5, 5.41) is 5.78. The maximum atomic E-state index is 12.8. The Hall–Kier alpha value is -3.15. The molecule has 3 amide bonds. The number of hydrogen-bond donors (Lipinski definition) is 2. The van der Waals surface area contributed by atoms with Crippen molar-refractivity contribution in [2.45, 2.75) is 34.1 Å². The average molecular weight is 408 g/mol. The summed E-state index contributed by atoms with van der Waals surface area (Å²) in [5.74, 6) is -0.0696. The number of amides is 3. The van der Waals surface area contributed by atoms with E-state index in [-0.39, 0.29) is 30.2 Å². The summed E-state index contributed by atoms with van der Waals surface area (Å²) in [6, 6.07) is 10.8. The Morgan fingerprint density at radius 2 is 1.67 bits per heavy atom. The maximum Gasteiger partial charge on any atom is 0.254 e. The van der Waals surface area contributed by atoms with Gasteiger partial charge in [-0.3, -0.25) is 14.4 Å². The zero-order valence-electron chi connectivity index (χ0n) is 18.2. The van der Waals surface area contributed by atoms with Crippen molar-refractivity contribution in [1.82, 2.24) is 4.90 Å². The third-order valence-electron chi connectivity index (χ3n) is 5.49. The highest BCUT2D eigenvalue weighted by Crippen LogP contribution is 2.38. The van der Waals surface area contributed by atoms with Crippen molar-refractivity contribution in [3.63, 3.8) is 0 Å². The molecule has 1 fully saturated rings. The van der Waals surface area contributed by atoms with Gasteiger partial charge in [0.05, 0.1) is 6.54 Å². The van der Waals surface area contributed by atoms with Crippen LogP contribution in [0.25, 0.3) is 0 Å². The second-order valence-electron chi connectivity index (χ2n) is 8.37. The van der Waals surface area contributed by atoms with E-state index >= 15 is 0 Å². The first-order valence-electron chi connectivity index (χ1n) is 10.2. The molecular formula is C24H29N3O3. The summed E-state index contributed by atoms with van der Waals surface area (Å²) < 4.78 is 0. The van der Waals surface area contributed by atoms with Gasteiger partial charge in [-0.25, -0.2) is 0 Å². The zero-order chi connectivity index (χ0) is 22.0. The molecule has 30 heavy (non-hydrogen) atoms. The zero-order valence-corrected chi connectivity index (χ0v) is 18.2. The van der Waals surface area contributed by atoms with Crippen molar-refractivity contribution in [3.8, 4) is 0 Å². The number of nitrogens with zero attached hydrogens (tertiary/aromatic N) is 1. The number of carbonyl (C=O) groups excluding carboxylic acids is 3. The summed E-state index contributed by atoms with van der Waals surface area (Å²) in [7, 11) is 1.59. The van der Waals surface area contributed by atoms with E-state index in [1.807, 2.05) is 39.8 Å². The molecule has 3 rings (SSSR count). The third-order valence-corrected chi connectivity index (χ3v) is 5.49. The second-order valence-corrected chi connectivity index (χ2v) is 8.37. The maximum absolute atomic E-state index is 12.8. The first kappa shape index (κ1) is 21.6. The summed E-state index contributed by atoms with van der Waals surface area (Å²) in [4.78, 5) is 38.8. The quantitative estimate of drug-likeness (QED) is 0.762. The Labute approximate surface area is 177 Å². The average Bonchev–Trinajstić information content (AvgIpc) is 3.41. The molecule has 0 heterocycles. The van der Waals surface area contributed by atoms with Crippen LogP contribution >= 0.6 is 0 Å². The Balaban J connectivity index is 1.62. The predicted octanol–water partition coefficient (Wildman–Crippen LogP) is 3.92. The lowest BCUT2D eigenvalue weighted by Gasteiger charge is -2.19. The van der Waals surface area contributed by atoms with Crippen LogP contribution in [0.15, 0.2) is 36.4 Å². The predicted molar refractivity (Wildman–Crippen MR) is 119 cm³/mol. The summed E-state index contributed by atoms with van der Waals surface area (Å²) >= 11 is 0. The molecular weight excluding hydrogens is 378 g/mol. The van der Waals surface area contributed by atoms with Crippen molar-refractivity contribution >= 4 is 29.1 Å². The van der Waals surface area contributed by atoms with Crippen molar-refractivity contribution in [1.29, 1.82) is 0 Å². The summed E-state index contributed by atoms with van der Waals surface area (Å²) in [6.07, 6.45) is 0.905. The van der Waals surface area contributed by atoms with Gasteiger partial charge in [0, 0.05) is 29.9 Å². The normalized spacial score (nSPS) is 17.2. The fourth-order valence-electron chi connectivity index (χ4n) is 3.72. The van der Waals surface area contributed by atoms with E-state index < -0.39 is 0 Å². The topological polar surface area (TPSA) is 78.5 Å². The van der Waals surface area contributed by atoms with Crippen molar-refractivity contribution in [3.05, 3.63) is 58.7 Å². The first-order valence-corrected chi connectivity index (χ1v) is 10.2. The number of aryl methyl sites for hydroxylation is 3. The van der Waals surface area contributed by atoms with Gasteiger partial charge in [0.15, 0.2) is 0 Å². The molecule has 2 unspecified atom stereocenters. The molecule has 1 aliphatic carbocycles. The van der Waals surface area contributed by atoms with Crippen LogP contribution in [0, 0.1) is 32.6 Å². The van der Waals surface area contributed by atoms with Gasteiger partial charge in [-0.15, -0.1) is 0 Å². The molecule has 2 atom stereocenters. The molecule has 2 aromatic carbocycles.